The highest BCUT2D eigenvalue weighted by Crippen LogP contribution is 2.20. The number of piperidine rings is 1. The number of para-hydroxylation sites is 1. The summed E-state index contributed by atoms with van der Waals surface area (Å²) in [5, 5.41) is 19.0. The Morgan fingerprint density at radius 1 is 1.13 bits per heavy atom. The third-order valence-corrected chi connectivity index (χ3v) is 5.93. The van der Waals surface area contributed by atoms with Crippen LogP contribution in [0.4, 0.5) is 0 Å². The maximum absolute atomic E-state index is 12.2. The number of amides is 2. The van der Waals surface area contributed by atoms with Gasteiger partial charge in [0.2, 0.25) is 11.8 Å². The molecule has 1 aromatic carbocycles. The van der Waals surface area contributed by atoms with E-state index in [-0.39, 0.29) is 18.9 Å². The number of H-pyrrole nitrogens is 1. The second-order valence-electron chi connectivity index (χ2n) is 8.22. The molecule has 5 N–H and O–H groups in total. The predicted molar refractivity (Wildman–Crippen MR) is 119 cm³/mol. The van der Waals surface area contributed by atoms with Gasteiger partial charge >= 0.3 is 5.97 Å². The van der Waals surface area contributed by atoms with E-state index in [9.17, 15) is 19.5 Å². The minimum atomic E-state index is -1.08. The molecule has 0 unspecified atom stereocenters. The molecular formula is C23H32N4O4. The predicted octanol–water partition coefficient (Wildman–Crippen LogP) is 1.96. The third kappa shape index (κ3) is 7.10. The molecule has 0 spiro atoms. The first-order valence-corrected chi connectivity index (χ1v) is 11.1. The van der Waals surface area contributed by atoms with Crippen LogP contribution in [0.1, 0.15) is 44.1 Å². The smallest absolute Gasteiger partial charge is 0.326 e. The van der Waals surface area contributed by atoms with Gasteiger partial charge < -0.3 is 26.0 Å². The number of aromatic nitrogens is 1. The minimum Gasteiger partial charge on any atom is -0.480 e. The standard InChI is InChI=1S/C23H32N4O4/c28-21(7-3-4-16-10-12-24-13-11-16)26-15-22(29)27-20(23(30)31)9-8-17-14-25-19-6-2-1-5-18(17)19/h1-2,5-6,14,16,20,24-25H,3-4,7-13,15H2,(H,26,28)(H,27,29)(H,30,31)/t20-/m1/s1. The molecular weight excluding hydrogens is 396 g/mol. The molecule has 1 aliphatic rings. The summed E-state index contributed by atoms with van der Waals surface area (Å²) in [6.07, 6.45) is 7.18. The number of carbonyl (C=O) groups is 3. The van der Waals surface area contributed by atoms with Crippen molar-refractivity contribution in [1.82, 2.24) is 20.9 Å². The Bertz CT molecular complexity index is 889. The molecule has 2 aromatic rings. The number of rotatable bonds is 11. The fourth-order valence-corrected chi connectivity index (χ4v) is 4.13. The first-order valence-electron chi connectivity index (χ1n) is 11.1. The van der Waals surface area contributed by atoms with Gasteiger partial charge in [0.15, 0.2) is 0 Å². The molecule has 8 nitrogen and oxygen atoms in total. The maximum atomic E-state index is 12.2. The van der Waals surface area contributed by atoms with Crippen molar-refractivity contribution < 1.29 is 19.5 Å². The lowest BCUT2D eigenvalue weighted by Crippen LogP contribution is -2.45. The molecule has 168 valence electrons. The van der Waals surface area contributed by atoms with Crippen molar-refractivity contribution in [2.45, 2.75) is 51.0 Å². The normalized spacial score (nSPS) is 15.5. The van der Waals surface area contributed by atoms with E-state index < -0.39 is 17.9 Å². The van der Waals surface area contributed by atoms with Gasteiger partial charge in [0.05, 0.1) is 6.54 Å². The van der Waals surface area contributed by atoms with Gasteiger partial charge in [0, 0.05) is 23.5 Å². The Hall–Kier alpha value is -2.87. The van der Waals surface area contributed by atoms with E-state index in [1.807, 2.05) is 30.5 Å². The van der Waals surface area contributed by atoms with E-state index in [1.54, 1.807) is 0 Å². The number of aryl methyl sites for hydroxylation is 1. The average Bonchev–Trinajstić information content (AvgIpc) is 3.19. The number of carboxylic acid groups (broad SMARTS) is 1. The van der Waals surface area contributed by atoms with Gasteiger partial charge in [-0.2, -0.15) is 0 Å². The van der Waals surface area contributed by atoms with Crippen LogP contribution in [0.25, 0.3) is 10.9 Å². The van der Waals surface area contributed by atoms with E-state index >= 15 is 0 Å². The summed E-state index contributed by atoms with van der Waals surface area (Å²) in [6.45, 7) is 1.88. The highest BCUT2D eigenvalue weighted by atomic mass is 16.4. The van der Waals surface area contributed by atoms with Crippen molar-refractivity contribution >= 4 is 28.7 Å². The van der Waals surface area contributed by atoms with E-state index in [2.05, 4.69) is 20.9 Å². The van der Waals surface area contributed by atoms with Crippen LogP contribution in [0.15, 0.2) is 30.5 Å². The number of benzene rings is 1. The van der Waals surface area contributed by atoms with Crippen LogP contribution in [-0.4, -0.2) is 53.6 Å². The van der Waals surface area contributed by atoms with Crippen molar-refractivity contribution in [3.8, 4) is 0 Å². The van der Waals surface area contributed by atoms with Crippen LogP contribution in [-0.2, 0) is 20.8 Å². The Kier molecular flexibility index (Phi) is 8.46. The van der Waals surface area contributed by atoms with Crippen LogP contribution < -0.4 is 16.0 Å². The van der Waals surface area contributed by atoms with Gasteiger partial charge in [0.25, 0.3) is 0 Å². The number of aliphatic carboxylic acids is 1. The topological polar surface area (TPSA) is 123 Å². The number of hydrogen-bond acceptors (Lipinski definition) is 4. The van der Waals surface area contributed by atoms with E-state index in [0.717, 1.165) is 55.2 Å². The summed E-state index contributed by atoms with van der Waals surface area (Å²) in [5.41, 5.74) is 2.01. The van der Waals surface area contributed by atoms with Gasteiger partial charge in [-0.05, 0) is 69.2 Å². The van der Waals surface area contributed by atoms with Crippen molar-refractivity contribution in [2.75, 3.05) is 19.6 Å². The van der Waals surface area contributed by atoms with Gasteiger partial charge in [-0.25, -0.2) is 4.79 Å². The number of nitrogens with one attached hydrogen (secondary N) is 4. The molecule has 1 aromatic heterocycles. The Balaban J connectivity index is 1.37. The second kappa shape index (κ2) is 11.5. The van der Waals surface area contributed by atoms with E-state index in [4.69, 9.17) is 0 Å². The quantitative estimate of drug-likeness (QED) is 0.374. The molecule has 1 atom stereocenters. The molecule has 0 saturated carbocycles. The molecule has 31 heavy (non-hydrogen) atoms. The highest BCUT2D eigenvalue weighted by molar-refractivity contribution is 5.88. The largest absolute Gasteiger partial charge is 0.480 e. The van der Waals surface area contributed by atoms with Crippen molar-refractivity contribution in [3.63, 3.8) is 0 Å². The summed E-state index contributed by atoms with van der Waals surface area (Å²) in [7, 11) is 0. The van der Waals surface area contributed by atoms with Crippen molar-refractivity contribution in [2.24, 2.45) is 5.92 Å². The SMILES string of the molecule is O=C(CCCC1CCNCC1)NCC(=O)N[C@H](CCc1c[nH]c2ccccc12)C(=O)O. The van der Waals surface area contributed by atoms with Crippen LogP contribution in [0.5, 0.6) is 0 Å². The molecule has 1 aliphatic heterocycles. The summed E-state index contributed by atoms with van der Waals surface area (Å²) in [4.78, 5) is 38.9. The van der Waals surface area contributed by atoms with Crippen molar-refractivity contribution in [1.29, 1.82) is 0 Å². The molecule has 0 radical (unpaired) electrons. The number of aromatic amines is 1. The molecule has 2 amide bonds. The lowest BCUT2D eigenvalue weighted by atomic mass is 9.92. The zero-order chi connectivity index (χ0) is 22.1. The highest BCUT2D eigenvalue weighted by Gasteiger charge is 2.21. The molecule has 2 heterocycles. The number of carboxylic acids is 1. The molecule has 0 aliphatic carbocycles. The summed E-state index contributed by atoms with van der Waals surface area (Å²) < 4.78 is 0. The van der Waals surface area contributed by atoms with Crippen LogP contribution in [0.3, 0.4) is 0 Å². The third-order valence-electron chi connectivity index (χ3n) is 5.93. The first-order chi connectivity index (χ1) is 15.0. The van der Waals surface area contributed by atoms with Crippen LogP contribution in [0, 0.1) is 5.92 Å². The Morgan fingerprint density at radius 2 is 1.90 bits per heavy atom. The zero-order valence-corrected chi connectivity index (χ0v) is 17.8. The second-order valence-corrected chi connectivity index (χ2v) is 8.22. The van der Waals surface area contributed by atoms with Gasteiger partial charge in [0.1, 0.15) is 6.04 Å². The molecule has 0 bridgehead atoms. The first kappa shape index (κ1) is 22.8. The van der Waals surface area contributed by atoms with Crippen LogP contribution in [0.2, 0.25) is 0 Å². The fourth-order valence-electron chi connectivity index (χ4n) is 4.13. The summed E-state index contributed by atoms with van der Waals surface area (Å²) in [6, 6.07) is 6.81. The molecule has 1 fully saturated rings. The summed E-state index contributed by atoms with van der Waals surface area (Å²) in [5.74, 6) is -1.07. The minimum absolute atomic E-state index is 0.172. The van der Waals surface area contributed by atoms with Crippen LogP contribution >= 0.6 is 0 Å². The Morgan fingerprint density at radius 3 is 2.68 bits per heavy atom. The number of carbonyl (C=O) groups excluding carboxylic acids is 2. The molecule has 8 heteroatoms. The Labute approximate surface area is 182 Å². The molecule has 3 rings (SSSR count). The van der Waals surface area contributed by atoms with E-state index in [1.165, 1.54) is 0 Å². The number of hydrogen-bond donors (Lipinski definition) is 5. The maximum Gasteiger partial charge on any atom is 0.326 e. The number of fused-ring (bicyclic) bond motifs is 1. The van der Waals surface area contributed by atoms with E-state index in [0.29, 0.717) is 18.8 Å². The average molecular weight is 429 g/mol. The van der Waals surface area contributed by atoms with Gasteiger partial charge in [-0.1, -0.05) is 18.2 Å². The van der Waals surface area contributed by atoms with Crippen molar-refractivity contribution in [3.05, 3.63) is 36.0 Å². The monoisotopic (exact) mass is 428 g/mol. The fraction of sp³-hybridized carbons (Fsp3) is 0.522. The van der Waals surface area contributed by atoms with Gasteiger partial charge in [-0.3, -0.25) is 9.59 Å². The summed E-state index contributed by atoms with van der Waals surface area (Å²) >= 11 is 0. The molecule has 1 saturated heterocycles. The lowest BCUT2D eigenvalue weighted by Gasteiger charge is -2.22. The van der Waals surface area contributed by atoms with Gasteiger partial charge in [-0.15, -0.1) is 0 Å². The zero-order valence-electron chi connectivity index (χ0n) is 17.8. The lowest BCUT2D eigenvalue weighted by molar-refractivity contribution is -0.141.